The topological polar surface area (TPSA) is 76.5 Å². The summed E-state index contributed by atoms with van der Waals surface area (Å²) in [6.45, 7) is 13.1. The molecule has 0 bridgehead atoms. The van der Waals surface area contributed by atoms with Gasteiger partial charge in [-0.15, -0.1) is 11.3 Å². The molecular formula is C23H32N6O2S. The second-order valence-electron chi connectivity index (χ2n) is 7.96. The number of morpholine rings is 1. The Hall–Kier alpha value is -2.36. The molecule has 172 valence electrons. The lowest BCUT2D eigenvalue weighted by Gasteiger charge is -2.26. The Kier molecular flexibility index (Phi) is 7.83. The zero-order chi connectivity index (χ0) is 22.3. The monoisotopic (exact) mass is 456 g/mol. The van der Waals surface area contributed by atoms with Crippen LogP contribution >= 0.6 is 11.3 Å². The molecule has 1 fully saturated rings. The predicted molar refractivity (Wildman–Crippen MR) is 129 cm³/mol. The number of aryl methyl sites for hydroxylation is 1. The standard InChI is InChI=1S/C23H32N6O2S/c1-4-8-29(9-5-2)22-20-18(16-24-21(26-20)19-7-6-17(3)32-19)25-23(27-22)31-15-12-28-10-13-30-14-11-28/h6-7,16H,4-5,8-15H2,1-3H3. The third-order valence-corrected chi connectivity index (χ3v) is 6.39. The summed E-state index contributed by atoms with van der Waals surface area (Å²) in [6, 6.07) is 4.55. The first kappa shape index (κ1) is 22.8. The van der Waals surface area contributed by atoms with Gasteiger partial charge in [-0.05, 0) is 31.9 Å². The molecule has 0 spiro atoms. The molecule has 1 saturated heterocycles. The van der Waals surface area contributed by atoms with E-state index in [1.54, 1.807) is 17.5 Å². The van der Waals surface area contributed by atoms with Crippen LogP contribution in [0.1, 0.15) is 31.6 Å². The number of thiophene rings is 1. The Labute approximate surface area is 193 Å². The quantitative estimate of drug-likeness (QED) is 0.456. The fraction of sp³-hybridized carbons (Fsp3) is 0.565. The van der Waals surface area contributed by atoms with Gasteiger partial charge in [0.1, 0.15) is 17.6 Å². The van der Waals surface area contributed by atoms with Crippen molar-refractivity contribution in [2.24, 2.45) is 0 Å². The van der Waals surface area contributed by atoms with Crippen LogP contribution in [0.25, 0.3) is 21.7 Å². The molecule has 0 unspecified atom stereocenters. The van der Waals surface area contributed by atoms with Gasteiger partial charge >= 0.3 is 6.01 Å². The van der Waals surface area contributed by atoms with Crippen LogP contribution in [0.4, 0.5) is 5.82 Å². The van der Waals surface area contributed by atoms with Crippen molar-refractivity contribution in [1.29, 1.82) is 0 Å². The molecule has 0 radical (unpaired) electrons. The van der Waals surface area contributed by atoms with E-state index in [0.717, 1.165) is 80.8 Å². The van der Waals surface area contributed by atoms with Crippen LogP contribution in [0, 0.1) is 6.92 Å². The Balaban J connectivity index is 1.64. The second-order valence-corrected chi connectivity index (χ2v) is 9.24. The van der Waals surface area contributed by atoms with E-state index >= 15 is 0 Å². The van der Waals surface area contributed by atoms with Crippen LogP contribution in [0.5, 0.6) is 6.01 Å². The molecule has 9 heteroatoms. The molecule has 1 aliphatic rings. The maximum atomic E-state index is 6.00. The van der Waals surface area contributed by atoms with Gasteiger partial charge in [0.2, 0.25) is 0 Å². The van der Waals surface area contributed by atoms with Crippen molar-refractivity contribution >= 4 is 28.2 Å². The number of anilines is 1. The average Bonchev–Trinajstić information content (AvgIpc) is 3.25. The number of nitrogens with zero attached hydrogens (tertiary/aromatic N) is 6. The largest absolute Gasteiger partial charge is 0.462 e. The van der Waals surface area contributed by atoms with Crippen molar-refractivity contribution in [2.45, 2.75) is 33.6 Å². The number of aromatic nitrogens is 4. The minimum absolute atomic E-state index is 0.390. The number of ether oxygens (including phenoxy) is 2. The van der Waals surface area contributed by atoms with Crippen molar-refractivity contribution in [1.82, 2.24) is 24.8 Å². The summed E-state index contributed by atoms with van der Waals surface area (Å²) in [6.07, 6.45) is 3.85. The van der Waals surface area contributed by atoms with E-state index in [9.17, 15) is 0 Å². The molecule has 0 saturated carbocycles. The van der Waals surface area contributed by atoms with Crippen molar-refractivity contribution in [3.63, 3.8) is 0 Å². The first-order valence-corrected chi connectivity index (χ1v) is 12.3. The highest BCUT2D eigenvalue weighted by Gasteiger charge is 2.18. The molecule has 8 nitrogen and oxygen atoms in total. The van der Waals surface area contributed by atoms with Gasteiger partial charge in [-0.3, -0.25) is 4.90 Å². The zero-order valence-electron chi connectivity index (χ0n) is 19.2. The van der Waals surface area contributed by atoms with E-state index in [-0.39, 0.29) is 0 Å². The summed E-state index contributed by atoms with van der Waals surface area (Å²) in [5, 5.41) is 0. The van der Waals surface area contributed by atoms with Crippen LogP contribution in [0.3, 0.4) is 0 Å². The summed E-state index contributed by atoms with van der Waals surface area (Å²) in [5.41, 5.74) is 1.49. The molecule has 4 heterocycles. The Morgan fingerprint density at radius 3 is 2.56 bits per heavy atom. The molecule has 4 rings (SSSR count). The molecule has 1 aliphatic heterocycles. The first-order valence-electron chi connectivity index (χ1n) is 11.5. The van der Waals surface area contributed by atoms with Gasteiger partial charge in [-0.25, -0.2) is 9.97 Å². The van der Waals surface area contributed by atoms with Crippen LogP contribution < -0.4 is 9.64 Å². The lowest BCUT2D eigenvalue weighted by Crippen LogP contribution is -2.38. The first-order chi connectivity index (χ1) is 15.7. The smallest absolute Gasteiger partial charge is 0.319 e. The van der Waals surface area contributed by atoms with Crippen molar-refractivity contribution in [3.8, 4) is 16.7 Å². The van der Waals surface area contributed by atoms with E-state index in [2.05, 4.69) is 52.7 Å². The van der Waals surface area contributed by atoms with Gasteiger partial charge < -0.3 is 14.4 Å². The highest BCUT2D eigenvalue weighted by Crippen LogP contribution is 2.29. The fourth-order valence-electron chi connectivity index (χ4n) is 3.81. The maximum absolute atomic E-state index is 6.00. The summed E-state index contributed by atoms with van der Waals surface area (Å²) >= 11 is 1.69. The van der Waals surface area contributed by atoms with Gasteiger partial charge in [-0.1, -0.05) is 13.8 Å². The molecule has 3 aromatic rings. The summed E-state index contributed by atoms with van der Waals surface area (Å²) in [7, 11) is 0. The summed E-state index contributed by atoms with van der Waals surface area (Å²) < 4.78 is 11.4. The molecular weight excluding hydrogens is 424 g/mol. The lowest BCUT2D eigenvalue weighted by molar-refractivity contribution is 0.0317. The minimum Gasteiger partial charge on any atom is -0.462 e. The van der Waals surface area contributed by atoms with Crippen LogP contribution in [-0.4, -0.2) is 77.4 Å². The van der Waals surface area contributed by atoms with E-state index in [0.29, 0.717) is 18.1 Å². The third kappa shape index (κ3) is 5.51. The Bertz CT molecular complexity index is 1010. The normalized spacial score (nSPS) is 14.7. The number of hydrogen-bond donors (Lipinski definition) is 0. The van der Waals surface area contributed by atoms with Gasteiger partial charge in [0.05, 0.1) is 24.3 Å². The van der Waals surface area contributed by atoms with Crippen LogP contribution in [0.15, 0.2) is 18.3 Å². The third-order valence-electron chi connectivity index (χ3n) is 5.39. The molecule has 0 aliphatic carbocycles. The summed E-state index contributed by atoms with van der Waals surface area (Å²) in [5.74, 6) is 1.55. The van der Waals surface area contributed by atoms with Gasteiger partial charge in [0.25, 0.3) is 0 Å². The fourth-order valence-corrected chi connectivity index (χ4v) is 4.61. The van der Waals surface area contributed by atoms with E-state index in [4.69, 9.17) is 19.4 Å². The van der Waals surface area contributed by atoms with E-state index in [1.165, 1.54) is 4.88 Å². The highest BCUT2D eigenvalue weighted by atomic mass is 32.1. The molecule has 0 amide bonds. The van der Waals surface area contributed by atoms with E-state index < -0.39 is 0 Å². The average molecular weight is 457 g/mol. The van der Waals surface area contributed by atoms with Gasteiger partial charge in [-0.2, -0.15) is 9.97 Å². The number of rotatable bonds is 10. The van der Waals surface area contributed by atoms with Crippen LogP contribution in [0.2, 0.25) is 0 Å². The van der Waals surface area contributed by atoms with Gasteiger partial charge in [0.15, 0.2) is 11.6 Å². The van der Waals surface area contributed by atoms with Crippen molar-refractivity contribution in [2.75, 3.05) is 57.4 Å². The zero-order valence-corrected chi connectivity index (χ0v) is 20.0. The van der Waals surface area contributed by atoms with Crippen molar-refractivity contribution < 1.29 is 9.47 Å². The molecule has 0 atom stereocenters. The second kappa shape index (κ2) is 11.0. The molecule has 0 aromatic carbocycles. The van der Waals surface area contributed by atoms with Crippen LogP contribution in [-0.2, 0) is 4.74 Å². The number of fused-ring (bicyclic) bond motifs is 1. The molecule has 32 heavy (non-hydrogen) atoms. The Morgan fingerprint density at radius 2 is 1.88 bits per heavy atom. The maximum Gasteiger partial charge on any atom is 0.319 e. The van der Waals surface area contributed by atoms with Crippen molar-refractivity contribution in [3.05, 3.63) is 23.2 Å². The SMILES string of the molecule is CCCN(CCC)c1nc(OCCN2CCOCC2)nc2cnc(-c3ccc(C)s3)nc12. The molecule has 0 N–H and O–H groups in total. The lowest BCUT2D eigenvalue weighted by atomic mass is 10.3. The Morgan fingerprint density at radius 1 is 1.09 bits per heavy atom. The predicted octanol–water partition coefficient (Wildman–Crippen LogP) is 3.79. The minimum atomic E-state index is 0.390. The van der Waals surface area contributed by atoms with Gasteiger partial charge in [0, 0.05) is 37.6 Å². The highest BCUT2D eigenvalue weighted by molar-refractivity contribution is 7.15. The van der Waals surface area contributed by atoms with E-state index in [1.807, 2.05) is 0 Å². The molecule has 3 aromatic heterocycles. The number of hydrogen-bond acceptors (Lipinski definition) is 9. The summed E-state index contributed by atoms with van der Waals surface area (Å²) in [4.78, 5) is 25.9.